The molecule has 2 aromatic heterocycles. The average molecular weight is 401 g/mol. The summed E-state index contributed by atoms with van der Waals surface area (Å²) in [4.78, 5) is 18.6. The van der Waals surface area contributed by atoms with Crippen molar-refractivity contribution < 1.29 is 9.32 Å². The van der Waals surface area contributed by atoms with Gasteiger partial charge < -0.3 is 9.84 Å². The van der Waals surface area contributed by atoms with Crippen molar-refractivity contribution in [2.45, 2.75) is 19.3 Å². The van der Waals surface area contributed by atoms with Crippen LogP contribution in [0.2, 0.25) is 0 Å². The Labute approximate surface area is 172 Å². The fraction of sp³-hybridized carbons (Fsp3) is 0.174. The maximum atomic E-state index is 12.7. The molecule has 0 radical (unpaired) electrons. The SMILES string of the molecule is Cc1ccc(-c2noc(-c3ccccc3NC(=O)C3CC3c3cccs3)n2)cc1. The van der Waals surface area contributed by atoms with Gasteiger partial charge in [-0.15, -0.1) is 11.3 Å². The van der Waals surface area contributed by atoms with Crippen LogP contribution < -0.4 is 5.32 Å². The fourth-order valence-corrected chi connectivity index (χ4v) is 4.36. The minimum absolute atomic E-state index is 0.0208. The second-order valence-corrected chi connectivity index (χ2v) is 8.27. The number of para-hydroxylation sites is 1. The predicted molar refractivity (Wildman–Crippen MR) is 114 cm³/mol. The van der Waals surface area contributed by atoms with Gasteiger partial charge >= 0.3 is 0 Å². The second kappa shape index (κ2) is 7.29. The lowest BCUT2D eigenvalue weighted by atomic mass is 10.1. The predicted octanol–water partition coefficient (Wildman–Crippen LogP) is 5.52. The number of carbonyl (C=O) groups is 1. The average Bonchev–Trinajstić information content (AvgIpc) is 3.14. The molecule has 5 rings (SSSR count). The Kier molecular flexibility index (Phi) is 4.48. The number of anilines is 1. The van der Waals surface area contributed by atoms with Crippen molar-refractivity contribution in [3.05, 3.63) is 76.5 Å². The maximum absolute atomic E-state index is 12.7. The van der Waals surface area contributed by atoms with Crippen LogP contribution in [0.25, 0.3) is 22.8 Å². The number of aryl methyl sites for hydroxylation is 1. The van der Waals surface area contributed by atoms with Crippen LogP contribution in [0.4, 0.5) is 5.69 Å². The van der Waals surface area contributed by atoms with E-state index in [2.05, 4.69) is 26.9 Å². The molecule has 2 aromatic carbocycles. The number of aromatic nitrogens is 2. The molecule has 1 saturated carbocycles. The Morgan fingerprint density at radius 1 is 1.10 bits per heavy atom. The van der Waals surface area contributed by atoms with Crippen molar-refractivity contribution in [2.75, 3.05) is 5.32 Å². The molecular formula is C23H19N3O2S. The van der Waals surface area contributed by atoms with E-state index in [1.54, 1.807) is 11.3 Å². The van der Waals surface area contributed by atoms with Crippen LogP contribution in [-0.2, 0) is 4.79 Å². The number of benzene rings is 2. The van der Waals surface area contributed by atoms with Gasteiger partial charge in [-0.05, 0) is 36.9 Å². The standard InChI is InChI=1S/C23H19N3O2S/c1-14-8-10-15(11-9-14)21-25-23(28-26-21)16-5-2-3-6-19(16)24-22(27)18-13-17(18)20-7-4-12-29-20/h2-12,17-18H,13H2,1H3,(H,24,27). The van der Waals surface area contributed by atoms with E-state index in [4.69, 9.17) is 4.52 Å². The lowest BCUT2D eigenvalue weighted by Gasteiger charge is -2.08. The van der Waals surface area contributed by atoms with Crippen molar-refractivity contribution in [1.82, 2.24) is 10.1 Å². The van der Waals surface area contributed by atoms with Crippen LogP contribution in [0.3, 0.4) is 0 Å². The molecular weight excluding hydrogens is 382 g/mol. The van der Waals surface area contributed by atoms with Crippen molar-refractivity contribution in [2.24, 2.45) is 5.92 Å². The molecule has 1 N–H and O–H groups in total. The first-order valence-electron chi connectivity index (χ1n) is 9.53. The summed E-state index contributed by atoms with van der Waals surface area (Å²) < 4.78 is 5.50. The number of thiophene rings is 1. The fourth-order valence-electron chi connectivity index (χ4n) is 3.46. The van der Waals surface area contributed by atoms with Crippen molar-refractivity contribution >= 4 is 22.9 Å². The highest BCUT2D eigenvalue weighted by molar-refractivity contribution is 7.10. The lowest BCUT2D eigenvalue weighted by molar-refractivity contribution is -0.117. The third kappa shape index (κ3) is 3.59. The number of nitrogens with one attached hydrogen (secondary N) is 1. The Balaban J connectivity index is 1.36. The zero-order valence-electron chi connectivity index (χ0n) is 15.8. The monoisotopic (exact) mass is 401 g/mol. The molecule has 1 aliphatic carbocycles. The highest BCUT2D eigenvalue weighted by Gasteiger charge is 2.44. The Morgan fingerprint density at radius 3 is 2.72 bits per heavy atom. The molecule has 0 saturated heterocycles. The first-order valence-corrected chi connectivity index (χ1v) is 10.4. The maximum Gasteiger partial charge on any atom is 0.260 e. The van der Waals surface area contributed by atoms with Gasteiger partial charge in [-0.1, -0.05) is 53.2 Å². The quantitative estimate of drug-likeness (QED) is 0.478. The van der Waals surface area contributed by atoms with Gasteiger partial charge in [0.25, 0.3) is 5.89 Å². The minimum Gasteiger partial charge on any atom is -0.334 e. The molecule has 1 aliphatic rings. The number of carbonyl (C=O) groups excluding carboxylic acids is 1. The van der Waals surface area contributed by atoms with Crippen molar-refractivity contribution in [1.29, 1.82) is 0 Å². The number of rotatable bonds is 5. The molecule has 5 nitrogen and oxygen atoms in total. The second-order valence-electron chi connectivity index (χ2n) is 7.29. The summed E-state index contributed by atoms with van der Waals surface area (Å²) in [5.74, 6) is 1.31. The lowest BCUT2D eigenvalue weighted by Crippen LogP contribution is -2.15. The van der Waals surface area contributed by atoms with Gasteiger partial charge in [-0.25, -0.2) is 0 Å². The minimum atomic E-state index is 0.0208. The van der Waals surface area contributed by atoms with Crippen LogP contribution in [0.5, 0.6) is 0 Å². The van der Waals surface area contributed by atoms with Gasteiger partial charge in [0.15, 0.2) is 0 Å². The van der Waals surface area contributed by atoms with E-state index in [0.29, 0.717) is 23.3 Å². The molecule has 4 aromatic rings. The molecule has 0 spiro atoms. The Morgan fingerprint density at radius 2 is 1.93 bits per heavy atom. The summed E-state index contributed by atoms with van der Waals surface area (Å²) in [6.45, 7) is 2.03. The van der Waals surface area contributed by atoms with E-state index in [1.807, 2.05) is 61.5 Å². The topological polar surface area (TPSA) is 68.0 Å². The highest BCUT2D eigenvalue weighted by Crippen LogP contribution is 2.49. The summed E-state index contributed by atoms with van der Waals surface area (Å²) in [6, 6.07) is 19.6. The van der Waals surface area contributed by atoms with Gasteiger partial charge in [-0.3, -0.25) is 4.79 Å². The van der Waals surface area contributed by atoms with Gasteiger partial charge in [0.1, 0.15) is 0 Å². The Bertz CT molecular complexity index is 1150. The third-order valence-electron chi connectivity index (χ3n) is 5.19. The first-order chi connectivity index (χ1) is 14.2. The van der Waals surface area contributed by atoms with Crippen LogP contribution >= 0.6 is 11.3 Å². The van der Waals surface area contributed by atoms with Gasteiger partial charge in [0, 0.05) is 22.3 Å². The summed E-state index contributed by atoms with van der Waals surface area (Å²) in [7, 11) is 0. The summed E-state index contributed by atoms with van der Waals surface area (Å²) in [6.07, 6.45) is 0.895. The first kappa shape index (κ1) is 17.8. The zero-order chi connectivity index (χ0) is 19.8. The molecule has 1 amide bonds. The van der Waals surface area contributed by atoms with Crippen LogP contribution in [0.1, 0.15) is 22.8 Å². The van der Waals surface area contributed by atoms with E-state index < -0.39 is 0 Å². The molecule has 2 heterocycles. The summed E-state index contributed by atoms with van der Waals surface area (Å²) >= 11 is 1.71. The molecule has 29 heavy (non-hydrogen) atoms. The molecule has 144 valence electrons. The van der Waals surface area contributed by atoms with E-state index in [0.717, 1.165) is 17.5 Å². The van der Waals surface area contributed by atoms with Gasteiger partial charge in [0.05, 0.1) is 11.3 Å². The normalized spacial score (nSPS) is 17.8. The van der Waals surface area contributed by atoms with Crippen LogP contribution in [0.15, 0.2) is 70.6 Å². The zero-order valence-corrected chi connectivity index (χ0v) is 16.6. The largest absolute Gasteiger partial charge is 0.334 e. The number of hydrogen-bond donors (Lipinski definition) is 1. The van der Waals surface area contributed by atoms with Crippen molar-refractivity contribution in [3.63, 3.8) is 0 Å². The van der Waals surface area contributed by atoms with Gasteiger partial charge in [-0.2, -0.15) is 4.98 Å². The number of nitrogens with zero attached hydrogens (tertiary/aromatic N) is 2. The summed E-state index contributed by atoms with van der Waals surface area (Å²) in [5.41, 5.74) is 3.48. The molecule has 2 unspecified atom stereocenters. The molecule has 0 bridgehead atoms. The molecule has 1 fully saturated rings. The molecule has 6 heteroatoms. The van der Waals surface area contributed by atoms with E-state index >= 15 is 0 Å². The number of amides is 1. The van der Waals surface area contributed by atoms with E-state index in [1.165, 1.54) is 10.4 Å². The molecule has 0 aliphatic heterocycles. The Hall–Kier alpha value is -3.25. The number of hydrogen-bond acceptors (Lipinski definition) is 5. The van der Waals surface area contributed by atoms with Crippen LogP contribution in [0, 0.1) is 12.8 Å². The summed E-state index contributed by atoms with van der Waals surface area (Å²) in [5, 5.41) is 9.22. The molecule has 2 atom stereocenters. The van der Waals surface area contributed by atoms with Gasteiger partial charge in [0.2, 0.25) is 11.7 Å². The van der Waals surface area contributed by atoms with Crippen LogP contribution in [-0.4, -0.2) is 16.0 Å². The van der Waals surface area contributed by atoms with Crippen molar-refractivity contribution in [3.8, 4) is 22.8 Å². The smallest absolute Gasteiger partial charge is 0.260 e. The third-order valence-corrected chi connectivity index (χ3v) is 6.19. The van der Waals surface area contributed by atoms with E-state index in [9.17, 15) is 4.79 Å². The van der Waals surface area contributed by atoms with E-state index in [-0.39, 0.29) is 11.8 Å². The highest BCUT2D eigenvalue weighted by atomic mass is 32.1.